The lowest BCUT2D eigenvalue weighted by atomic mass is 9.94. The Labute approximate surface area is 201 Å². The van der Waals surface area contributed by atoms with Crippen LogP contribution in [0.1, 0.15) is 27.0 Å². The molecule has 178 valence electrons. The monoisotopic (exact) mass is 475 g/mol. The molecular formula is C27H23F2N3O3. The Kier molecular flexibility index (Phi) is 7.12. The second kappa shape index (κ2) is 10.4. The highest BCUT2D eigenvalue weighted by atomic mass is 19.1. The van der Waals surface area contributed by atoms with Gasteiger partial charge in [-0.2, -0.15) is 5.10 Å². The highest BCUT2D eigenvalue weighted by Gasteiger charge is 2.34. The van der Waals surface area contributed by atoms with Gasteiger partial charge in [-0.1, -0.05) is 42.0 Å². The van der Waals surface area contributed by atoms with Crippen LogP contribution < -0.4 is 4.74 Å². The van der Waals surface area contributed by atoms with Gasteiger partial charge in [0.15, 0.2) is 5.78 Å². The molecule has 0 amide bonds. The van der Waals surface area contributed by atoms with Gasteiger partial charge in [0, 0.05) is 17.2 Å². The van der Waals surface area contributed by atoms with Crippen molar-refractivity contribution < 1.29 is 23.4 Å². The molecule has 0 radical (unpaired) electrons. The molecule has 4 aromatic rings. The van der Waals surface area contributed by atoms with Crippen LogP contribution in [0.4, 0.5) is 8.78 Å². The molecule has 0 spiro atoms. The zero-order chi connectivity index (χ0) is 24.8. The molecule has 4 rings (SSSR count). The van der Waals surface area contributed by atoms with Crippen LogP contribution in [-0.2, 0) is 12.1 Å². The number of carbonyl (C=O) groups is 1. The van der Waals surface area contributed by atoms with E-state index in [0.29, 0.717) is 17.4 Å². The van der Waals surface area contributed by atoms with Crippen molar-refractivity contribution in [1.82, 2.24) is 14.8 Å². The Morgan fingerprint density at radius 2 is 1.83 bits per heavy atom. The van der Waals surface area contributed by atoms with E-state index < -0.39 is 17.2 Å². The van der Waals surface area contributed by atoms with Crippen LogP contribution in [0.2, 0.25) is 0 Å². The minimum absolute atomic E-state index is 0.137. The average Bonchev–Trinajstić information content (AvgIpc) is 3.35. The van der Waals surface area contributed by atoms with E-state index in [0.717, 1.165) is 17.2 Å². The first-order valence-corrected chi connectivity index (χ1v) is 10.8. The summed E-state index contributed by atoms with van der Waals surface area (Å²) in [5.74, 6) is -1.47. The summed E-state index contributed by atoms with van der Waals surface area (Å²) in [6.07, 6.45) is 5.89. The molecule has 1 unspecified atom stereocenters. The molecule has 1 heterocycles. The molecular weight excluding hydrogens is 452 g/mol. The van der Waals surface area contributed by atoms with Crippen LogP contribution in [-0.4, -0.2) is 32.3 Å². The summed E-state index contributed by atoms with van der Waals surface area (Å²) in [5, 5.41) is 15.2. The number of halogens is 2. The van der Waals surface area contributed by atoms with Crippen molar-refractivity contribution in [3.63, 3.8) is 0 Å². The molecule has 0 aliphatic heterocycles. The number of aryl methyl sites for hydroxylation is 1. The molecule has 0 saturated heterocycles. The summed E-state index contributed by atoms with van der Waals surface area (Å²) < 4.78 is 35.0. The van der Waals surface area contributed by atoms with E-state index in [1.807, 2.05) is 31.2 Å². The molecule has 0 saturated carbocycles. The average molecular weight is 475 g/mol. The van der Waals surface area contributed by atoms with E-state index in [4.69, 9.17) is 4.74 Å². The maximum absolute atomic E-state index is 14.5. The molecule has 0 fully saturated rings. The number of nitrogens with zero attached hydrogens (tertiary/aromatic N) is 3. The molecule has 6 nitrogen and oxygen atoms in total. The van der Waals surface area contributed by atoms with Crippen molar-refractivity contribution in [2.75, 3.05) is 6.61 Å². The highest BCUT2D eigenvalue weighted by Crippen LogP contribution is 2.28. The summed E-state index contributed by atoms with van der Waals surface area (Å²) in [6.45, 7) is 1.47. The molecule has 35 heavy (non-hydrogen) atoms. The lowest BCUT2D eigenvalue weighted by molar-refractivity contribution is -0.0297. The molecule has 3 aromatic carbocycles. The Morgan fingerprint density at radius 3 is 2.49 bits per heavy atom. The largest absolute Gasteiger partial charge is 0.490 e. The predicted molar refractivity (Wildman–Crippen MR) is 127 cm³/mol. The first-order chi connectivity index (χ1) is 16.8. The summed E-state index contributed by atoms with van der Waals surface area (Å²) in [7, 11) is 0. The van der Waals surface area contributed by atoms with Gasteiger partial charge in [-0.15, -0.1) is 0 Å². The molecule has 0 bridgehead atoms. The van der Waals surface area contributed by atoms with Gasteiger partial charge in [-0.25, -0.2) is 18.4 Å². The smallest absolute Gasteiger partial charge is 0.185 e. The SMILES string of the molecule is Cc1ccc(/C=C/C(=O)c2ccc(OCC(O)(Cn3cncn3)c3ccc(F)cc3F)cc2)cc1. The number of hydrogen-bond acceptors (Lipinski definition) is 5. The number of aromatic nitrogens is 3. The van der Waals surface area contributed by atoms with Crippen molar-refractivity contribution in [2.24, 2.45) is 0 Å². The number of carbonyl (C=O) groups excluding carboxylic acids is 1. The Hall–Kier alpha value is -4.17. The summed E-state index contributed by atoms with van der Waals surface area (Å²) in [4.78, 5) is 16.3. The van der Waals surface area contributed by atoms with Gasteiger partial charge in [0.1, 0.15) is 42.2 Å². The van der Waals surface area contributed by atoms with Crippen molar-refractivity contribution in [3.8, 4) is 5.75 Å². The molecule has 8 heteroatoms. The van der Waals surface area contributed by atoms with Gasteiger partial charge < -0.3 is 9.84 Å². The number of rotatable bonds is 9. The minimum Gasteiger partial charge on any atom is -0.490 e. The van der Waals surface area contributed by atoms with Crippen molar-refractivity contribution in [1.29, 1.82) is 0 Å². The van der Waals surface area contributed by atoms with Crippen molar-refractivity contribution >= 4 is 11.9 Å². The van der Waals surface area contributed by atoms with Crippen LogP contribution in [0.15, 0.2) is 85.5 Å². The fraction of sp³-hybridized carbons (Fsp3) is 0.148. The summed E-state index contributed by atoms with van der Waals surface area (Å²) >= 11 is 0. The van der Waals surface area contributed by atoms with Crippen LogP contribution in [0.25, 0.3) is 6.08 Å². The van der Waals surface area contributed by atoms with Gasteiger partial charge in [-0.3, -0.25) is 4.79 Å². The fourth-order valence-corrected chi connectivity index (χ4v) is 3.52. The van der Waals surface area contributed by atoms with Crippen LogP contribution in [0.5, 0.6) is 5.75 Å². The van der Waals surface area contributed by atoms with E-state index in [2.05, 4.69) is 10.1 Å². The second-order valence-corrected chi connectivity index (χ2v) is 8.17. The van der Waals surface area contributed by atoms with Crippen LogP contribution in [0, 0.1) is 18.6 Å². The Morgan fingerprint density at radius 1 is 1.09 bits per heavy atom. The van der Waals surface area contributed by atoms with E-state index in [1.54, 1.807) is 30.3 Å². The third-order valence-corrected chi connectivity index (χ3v) is 5.44. The maximum atomic E-state index is 14.5. The van der Waals surface area contributed by atoms with E-state index >= 15 is 0 Å². The standard InChI is InChI=1S/C27H23F2N3O3/c1-19-2-4-20(5-3-19)6-13-26(33)21-7-10-23(11-8-21)35-16-27(34,15-32-18-30-17-31-32)24-12-9-22(28)14-25(24)29/h2-14,17-18,34H,15-16H2,1H3/b13-6+. The number of ether oxygens (including phenoxy) is 1. The van der Waals surface area contributed by atoms with Gasteiger partial charge in [0.25, 0.3) is 0 Å². The topological polar surface area (TPSA) is 77.2 Å². The first kappa shape index (κ1) is 24.0. The summed E-state index contributed by atoms with van der Waals surface area (Å²) in [6, 6.07) is 17.1. The van der Waals surface area contributed by atoms with Gasteiger partial charge in [-0.05, 0) is 48.9 Å². The number of allylic oxidation sites excluding steroid dienone is 1. The number of benzene rings is 3. The first-order valence-electron chi connectivity index (χ1n) is 10.8. The summed E-state index contributed by atoms with van der Waals surface area (Å²) in [5.41, 5.74) is 0.519. The normalized spacial score (nSPS) is 13.0. The zero-order valence-corrected chi connectivity index (χ0v) is 18.9. The minimum atomic E-state index is -1.86. The molecule has 1 aromatic heterocycles. The molecule has 1 atom stereocenters. The Bertz CT molecular complexity index is 1320. The van der Waals surface area contributed by atoms with Gasteiger partial charge >= 0.3 is 0 Å². The van der Waals surface area contributed by atoms with Gasteiger partial charge in [0.05, 0.1) is 6.54 Å². The molecule has 1 N–H and O–H groups in total. The number of ketones is 1. The predicted octanol–water partition coefficient (Wildman–Crippen LogP) is 4.73. The van der Waals surface area contributed by atoms with Crippen LogP contribution in [0.3, 0.4) is 0 Å². The lowest BCUT2D eigenvalue weighted by Crippen LogP contribution is -2.39. The van der Waals surface area contributed by atoms with E-state index in [1.165, 1.54) is 29.5 Å². The molecule has 0 aliphatic rings. The maximum Gasteiger partial charge on any atom is 0.185 e. The second-order valence-electron chi connectivity index (χ2n) is 8.17. The molecule has 0 aliphatic carbocycles. The fourth-order valence-electron chi connectivity index (χ4n) is 3.52. The third-order valence-electron chi connectivity index (χ3n) is 5.44. The van der Waals surface area contributed by atoms with Crippen LogP contribution >= 0.6 is 0 Å². The van der Waals surface area contributed by atoms with E-state index in [9.17, 15) is 18.7 Å². The number of hydrogen-bond donors (Lipinski definition) is 1. The lowest BCUT2D eigenvalue weighted by Gasteiger charge is -2.29. The highest BCUT2D eigenvalue weighted by molar-refractivity contribution is 6.06. The third kappa shape index (κ3) is 6.04. The Balaban J connectivity index is 1.47. The van der Waals surface area contributed by atoms with Crippen molar-refractivity contribution in [2.45, 2.75) is 19.1 Å². The quantitative estimate of drug-likeness (QED) is 0.280. The van der Waals surface area contributed by atoms with Crippen molar-refractivity contribution in [3.05, 3.63) is 119 Å². The number of aliphatic hydroxyl groups is 1. The van der Waals surface area contributed by atoms with E-state index in [-0.39, 0.29) is 24.5 Å². The zero-order valence-electron chi connectivity index (χ0n) is 18.9. The van der Waals surface area contributed by atoms with Gasteiger partial charge in [0.2, 0.25) is 0 Å².